The number of hydrogen-bond acceptors (Lipinski definition) is 4. The summed E-state index contributed by atoms with van der Waals surface area (Å²) in [7, 11) is -3.41. The van der Waals surface area contributed by atoms with Crippen molar-refractivity contribution >= 4 is 15.6 Å². The Morgan fingerprint density at radius 2 is 1.89 bits per heavy atom. The summed E-state index contributed by atoms with van der Waals surface area (Å²) in [6, 6.07) is 2.75. The lowest BCUT2D eigenvalue weighted by Gasteiger charge is -2.17. The molecule has 1 heterocycles. The molecule has 0 atom stereocenters. The second-order valence-corrected chi connectivity index (χ2v) is 7.70. The van der Waals surface area contributed by atoms with Gasteiger partial charge < -0.3 is 4.42 Å². The number of furan rings is 1. The van der Waals surface area contributed by atoms with Crippen molar-refractivity contribution in [3.8, 4) is 0 Å². The van der Waals surface area contributed by atoms with Crippen LogP contribution in [-0.2, 0) is 9.84 Å². The van der Waals surface area contributed by atoms with Gasteiger partial charge in [0.25, 0.3) is 0 Å². The smallest absolute Gasteiger partial charge is 0.218 e. The second-order valence-electron chi connectivity index (χ2n) is 5.66. The molecule has 0 saturated carbocycles. The molecule has 0 aromatic carbocycles. The Kier molecular flexibility index (Phi) is 4.37. The lowest BCUT2D eigenvalue weighted by molar-refractivity contribution is 0.0982. The zero-order chi connectivity index (χ0) is 14.0. The van der Waals surface area contributed by atoms with Crippen LogP contribution in [0.1, 0.15) is 51.1 Å². The van der Waals surface area contributed by atoms with Crippen molar-refractivity contribution in [2.75, 3.05) is 5.75 Å². The normalized spacial score (nSPS) is 12.7. The summed E-state index contributed by atoms with van der Waals surface area (Å²) in [6.45, 7) is 7.55. The first kappa shape index (κ1) is 15.0. The van der Waals surface area contributed by atoms with E-state index in [0.29, 0.717) is 6.42 Å². The van der Waals surface area contributed by atoms with E-state index in [2.05, 4.69) is 20.8 Å². The van der Waals surface area contributed by atoms with Gasteiger partial charge in [-0.05, 0) is 30.4 Å². The Hall–Kier alpha value is -1.10. The van der Waals surface area contributed by atoms with Crippen molar-refractivity contribution in [2.24, 2.45) is 5.41 Å². The largest absolute Gasteiger partial charge is 0.442 e. The van der Waals surface area contributed by atoms with E-state index in [0.717, 1.165) is 6.42 Å². The minimum atomic E-state index is -3.41. The molecular formula is C13H20O4S. The van der Waals surface area contributed by atoms with E-state index in [1.165, 1.54) is 19.1 Å². The Labute approximate surface area is 108 Å². The molecule has 0 amide bonds. The fraction of sp³-hybridized carbons (Fsp3) is 0.615. The van der Waals surface area contributed by atoms with Crippen LogP contribution in [0.2, 0.25) is 0 Å². The van der Waals surface area contributed by atoms with Gasteiger partial charge in [0.1, 0.15) is 0 Å². The van der Waals surface area contributed by atoms with Crippen molar-refractivity contribution in [2.45, 2.75) is 45.6 Å². The fourth-order valence-corrected chi connectivity index (χ4v) is 2.79. The number of ketones is 1. The van der Waals surface area contributed by atoms with E-state index in [4.69, 9.17) is 4.42 Å². The molecule has 0 saturated heterocycles. The third kappa shape index (κ3) is 4.29. The van der Waals surface area contributed by atoms with Gasteiger partial charge in [0, 0.05) is 6.92 Å². The molecule has 0 fully saturated rings. The quantitative estimate of drug-likeness (QED) is 0.773. The average Bonchev–Trinajstić information content (AvgIpc) is 2.63. The molecule has 0 aliphatic carbocycles. The van der Waals surface area contributed by atoms with E-state index in [1.807, 2.05) is 0 Å². The highest BCUT2D eigenvalue weighted by Gasteiger charge is 2.21. The van der Waals surface area contributed by atoms with Crippen molar-refractivity contribution in [3.05, 3.63) is 17.9 Å². The monoisotopic (exact) mass is 272 g/mol. The molecule has 0 aliphatic rings. The molecule has 0 unspecified atom stereocenters. The molecule has 0 N–H and O–H groups in total. The third-order valence-corrected chi connectivity index (χ3v) is 4.23. The van der Waals surface area contributed by atoms with Crippen LogP contribution in [0.5, 0.6) is 0 Å². The predicted molar refractivity (Wildman–Crippen MR) is 69.5 cm³/mol. The van der Waals surface area contributed by atoms with E-state index >= 15 is 0 Å². The maximum atomic E-state index is 11.9. The molecule has 1 aromatic rings. The molecule has 18 heavy (non-hydrogen) atoms. The van der Waals surface area contributed by atoms with Crippen LogP contribution < -0.4 is 0 Å². The van der Waals surface area contributed by atoms with Crippen LogP contribution in [0, 0.1) is 5.41 Å². The second kappa shape index (κ2) is 5.26. The van der Waals surface area contributed by atoms with Gasteiger partial charge in [-0.15, -0.1) is 0 Å². The number of sulfone groups is 1. The van der Waals surface area contributed by atoms with Crippen LogP contribution in [0.25, 0.3) is 0 Å². The summed E-state index contributed by atoms with van der Waals surface area (Å²) in [4.78, 5) is 11.0. The Morgan fingerprint density at radius 1 is 1.28 bits per heavy atom. The Bertz CT molecular complexity index is 517. The number of hydrogen-bond donors (Lipinski definition) is 0. The van der Waals surface area contributed by atoms with Crippen molar-refractivity contribution < 1.29 is 17.6 Å². The number of Topliss-reactive ketones (excluding diaryl/α,β-unsaturated/α-hetero) is 1. The van der Waals surface area contributed by atoms with E-state index in [9.17, 15) is 13.2 Å². The van der Waals surface area contributed by atoms with Crippen LogP contribution in [0.15, 0.2) is 21.6 Å². The van der Waals surface area contributed by atoms with E-state index in [-0.39, 0.29) is 27.8 Å². The highest BCUT2D eigenvalue weighted by Crippen LogP contribution is 2.23. The molecule has 1 rings (SSSR count). The van der Waals surface area contributed by atoms with Gasteiger partial charge in [0.05, 0.1) is 5.75 Å². The van der Waals surface area contributed by atoms with Crippen LogP contribution in [0.4, 0.5) is 0 Å². The summed E-state index contributed by atoms with van der Waals surface area (Å²) in [5.74, 6) is -0.134. The standard InChI is InChI=1S/C13H20O4S/c1-10(14)11-6-7-12(17-11)18(15,16)9-5-8-13(2,3)4/h6-7H,5,8-9H2,1-4H3. The molecule has 5 heteroatoms. The molecule has 0 spiro atoms. The van der Waals surface area contributed by atoms with Crippen molar-refractivity contribution in [3.63, 3.8) is 0 Å². The summed E-state index contributed by atoms with van der Waals surface area (Å²) < 4.78 is 29.0. The summed E-state index contributed by atoms with van der Waals surface area (Å²) >= 11 is 0. The van der Waals surface area contributed by atoms with Gasteiger partial charge in [-0.25, -0.2) is 8.42 Å². The van der Waals surface area contributed by atoms with E-state index < -0.39 is 9.84 Å². The number of carbonyl (C=O) groups excluding carboxylic acids is 1. The molecule has 0 radical (unpaired) electrons. The molecule has 102 valence electrons. The van der Waals surface area contributed by atoms with Gasteiger partial charge in [0.2, 0.25) is 14.9 Å². The lowest BCUT2D eigenvalue weighted by Crippen LogP contribution is -2.11. The minimum Gasteiger partial charge on any atom is -0.442 e. The average molecular weight is 272 g/mol. The number of carbonyl (C=O) groups is 1. The van der Waals surface area contributed by atoms with Gasteiger partial charge in [-0.3, -0.25) is 4.79 Å². The molecule has 4 nitrogen and oxygen atoms in total. The summed E-state index contributed by atoms with van der Waals surface area (Å²) in [5.41, 5.74) is 0.114. The minimum absolute atomic E-state index is 0.0507. The predicted octanol–water partition coefficient (Wildman–Crippen LogP) is 3.08. The summed E-state index contributed by atoms with van der Waals surface area (Å²) in [6.07, 6.45) is 1.41. The number of rotatable bonds is 5. The molecular weight excluding hydrogens is 252 g/mol. The van der Waals surface area contributed by atoms with Crippen LogP contribution >= 0.6 is 0 Å². The van der Waals surface area contributed by atoms with Gasteiger partial charge >= 0.3 is 0 Å². The van der Waals surface area contributed by atoms with Crippen molar-refractivity contribution in [1.82, 2.24) is 0 Å². The maximum Gasteiger partial charge on any atom is 0.218 e. The molecule has 1 aromatic heterocycles. The third-order valence-electron chi connectivity index (χ3n) is 2.57. The van der Waals surface area contributed by atoms with Gasteiger partial charge in [0.15, 0.2) is 11.5 Å². The molecule has 0 aliphatic heterocycles. The fourth-order valence-electron chi connectivity index (χ4n) is 1.57. The lowest BCUT2D eigenvalue weighted by atomic mass is 9.91. The highest BCUT2D eigenvalue weighted by atomic mass is 32.2. The van der Waals surface area contributed by atoms with Crippen LogP contribution in [0.3, 0.4) is 0 Å². The first-order valence-corrected chi connectivity index (χ1v) is 7.61. The highest BCUT2D eigenvalue weighted by molar-refractivity contribution is 7.91. The SMILES string of the molecule is CC(=O)c1ccc(S(=O)(=O)CCCC(C)(C)C)o1. The zero-order valence-corrected chi connectivity index (χ0v) is 12.1. The maximum absolute atomic E-state index is 11.9. The Balaban J connectivity index is 2.71. The van der Waals surface area contributed by atoms with Gasteiger partial charge in [-0.1, -0.05) is 20.8 Å². The van der Waals surface area contributed by atoms with Gasteiger partial charge in [-0.2, -0.15) is 0 Å². The summed E-state index contributed by atoms with van der Waals surface area (Å²) in [5, 5.41) is -0.110. The molecule has 0 bridgehead atoms. The zero-order valence-electron chi connectivity index (χ0n) is 11.3. The van der Waals surface area contributed by atoms with Crippen LogP contribution in [-0.4, -0.2) is 20.0 Å². The van der Waals surface area contributed by atoms with E-state index in [1.54, 1.807) is 0 Å². The topological polar surface area (TPSA) is 64.3 Å². The Morgan fingerprint density at radius 3 is 2.33 bits per heavy atom. The van der Waals surface area contributed by atoms with Crippen molar-refractivity contribution in [1.29, 1.82) is 0 Å². The first-order valence-electron chi connectivity index (χ1n) is 5.95. The first-order chi connectivity index (χ1) is 8.12.